The van der Waals surface area contributed by atoms with Gasteiger partial charge in [-0.3, -0.25) is 9.69 Å². The van der Waals surface area contributed by atoms with Crippen molar-refractivity contribution in [1.82, 2.24) is 0 Å². The lowest BCUT2D eigenvalue weighted by Gasteiger charge is -2.15. The van der Waals surface area contributed by atoms with Crippen LogP contribution < -0.4 is 14.4 Å². The number of benzene rings is 4. The van der Waals surface area contributed by atoms with E-state index in [9.17, 15) is 4.79 Å². The number of carbonyl (C=O) groups excluding carboxylic acids is 1. The summed E-state index contributed by atoms with van der Waals surface area (Å²) in [6, 6.07) is 30.0. The molecule has 0 spiro atoms. The number of nitrogens with zero attached hydrogens (tertiary/aromatic N) is 2. The summed E-state index contributed by atoms with van der Waals surface area (Å²) in [6.07, 6.45) is 1.84. The molecule has 38 heavy (non-hydrogen) atoms. The van der Waals surface area contributed by atoms with Gasteiger partial charge in [0.05, 0.1) is 33.4 Å². The molecule has 1 aliphatic heterocycles. The summed E-state index contributed by atoms with van der Waals surface area (Å²) in [5, 5.41) is 1.56. The molecule has 0 bridgehead atoms. The number of methoxy groups -OCH3 is 1. The summed E-state index contributed by atoms with van der Waals surface area (Å²) in [5.74, 6) is 0.978. The Hall–Kier alpha value is -3.71. The molecule has 1 aliphatic rings. The second-order valence-electron chi connectivity index (χ2n) is 8.26. The van der Waals surface area contributed by atoms with Crippen LogP contribution in [-0.4, -0.2) is 18.2 Å². The van der Waals surface area contributed by atoms with E-state index in [0.717, 1.165) is 22.5 Å². The smallest absolute Gasteiger partial charge is 0.271 e. The summed E-state index contributed by atoms with van der Waals surface area (Å²) >= 11 is 13.4. The van der Waals surface area contributed by atoms with Crippen LogP contribution in [0.5, 0.6) is 11.5 Å². The van der Waals surface area contributed by atoms with Gasteiger partial charge in [-0.2, -0.15) is 0 Å². The van der Waals surface area contributed by atoms with Gasteiger partial charge in [-0.05, 0) is 77.5 Å². The van der Waals surface area contributed by atoms with Crippen molar-refractivity contribution in [3.05, 3.63) is 123 Å². The van der Waals surface area contributed by atoms with E-state index in [1.165, 1.54) is 11.8 Å². The number of anilines is 1. The Morgan fingerprint density at radius 3 is 2.32 bits per heavy atom. The Morgan fingerprint density at radius 1 is 0.868 bits per heavy atom. The molecule has 1 fully saturated rings. The molecule has 0 radical (unpaired) electrons. The number of carbonyl (C=O) groups is 1. The van der Waals surface area contributed by atoms with Gasteiger partial charge in [-0.25, -0.2) is 4.99 Å². The zero-order valence-electron chi connectivity index (χ0n) is 20.3. The van der Waals surface area contributed by atoms with Crippen molar-refractivity contribution in [3.8, 4) is 11.5 Å². The van der Waals surface area contributed by atoms with Gasteiger partial charge in [0.2, 0.25) is 0 Å². The van der Waals surface area contributed by atoms with Gasteiger partial charge in [-0.1, -0.05) is 71.7 Å². The van der Waals surface area contributed by atoms with Crippen molar-refractivity contribution in [1.29, 1.82) is 0 Å². The molecule has 1 amide bonds. The first kappa shape index (κ1) is 25.9. The molecule has 8 heteroatoms. The Morgan fingerprint density at radius 2 is 1.61 bits per heavy atom. The van der Waals surface area contributed by atoms with Crippen molar-refractivity contribution in [2.75, 3.05) is 12.0 Å². The molecule has 0 atom stereocenters. The molecule has 4 aromatic carbocycles. The summed E-state index contributed by atoms with van der Waals surface area (Å²) in [7, 11) is 1.58. The highest BCUT2D eigenvalue weighted by Crippen LogP contribution is 2.38. The largest absolute Gasteiger partial charge is 0.493 e. The highest BCUT2D eigenvalue weighted by atomic mass is 35.5. The fourth-order valence-corrected chi connectivity index (χ4v) is 5.12. The highest BCUT2D eigenvalue weighted by Gasteiger charge is 2.34. The molecule has 0 aromatic heterocycles. The second kappa shape index (κ2) is 11.8. The van der Waals surface area contributed by atoms with Crippen molar-refractivity contribution < 1.29 is 14.3 Å². The fourth-order valence-electron chi connectivity index (χ4n) is 3.80. The lowest BCUT2D eigenvalue weighted by atomic mass is 10.1. The molecule has 4 aromatic rings. The zero-order valence-corrected chi connectivity index (χ0v) is 22.6. The van der Waals surface area contributed by atoms with E-state index in [1.807, 2.05) is 91.0 Å². The van der Waals surface area contributed by atoms with Crippen LogP contribution in [0.2, 0.25) is 10.0 Å². The third-order valence-electron chi connectivity index (χ3n) is 5.67. The third-order valence-corrected chi connectivity index (χ3v) is 7.37. The van der Waals surface area contributed by atoms with Crippen molar-refractivity contribution in [2.45, 2.75) is 6.61 Å². The van der Waals surface area contributed by atoms with Crippen molar-refractivity contribution in [3.63, 3.8) is 0 Å². The molecule has 1 heterocycles. The maximum Gasteiger partial charge on any atom is 0.271 e. The summed E-state index contributed by atoms with van der Waals surface area (Å²) in [4.78, 5) is 20.5. The Kier molecular flexibility index (Phi) is 8.03. The normalized spacial score (nSPS) is 15.3. The molecule has 190 valence electrons. The minimum Gasteiger partial charge on any atom is -0.493 e. The summed E-state index contributed by atoms with van der Waals surface area (Å²) in [6.45, 7) is 0.299. The molecule has 0 aliphatic carbocycles. The van der Waals surface area contributed by atoms with E-state index < -0.39 is 0 Å². The van der Waals surface area contributed by atoms with Gasteiger partial charge in [0.15, 0.2) is 16.7 Å². The minimum absolute atomic E-state index is 0.144. The quantitative estimate of drug-likeness (QED) is 0.213. The average molecular weight is 561 g/mol. The van der Waals surface area contributed by atoms with E-state index in [2.05, 4.69) is 0 Å². The number of aliphatic imine (C=N–C) groups is 1. The number of para-hydroxylation sites is 2. The Balaban J connectivity index is 1.41. The first-order chi connectivity index (χ1) is 18.5. The second-order valence-corrected chi connectivity index (χ2v) is 10.1. The summed E-state index contributed by atoms with van der Waals surface area (Å²) in [5.41, 5.74) is 3.21. The number of hydrogen-bond donors (Lipinski definition) is 0. The predicted octanol–water partition coefficient (Wildman–Crippen LogP) is 8.39. The molecule has 0 unspecified atom stereocenters. The number of rotatable bonds is 7. The van der Waals surface area contributed by atoms with Gasteiger partial charge in [-0.15, -0.1) is 0 Å². The van der Waals surface area contributed by atoms with Crippen LogP contribution in [0.25, 0.3) is 6.08 Å². The fraction of sp³-hybridized carbons (Fsp3) is 0.0667. The molecule has 5 nitrogen and oxygen atoms in total. The summed E-state index contributed by atoms with van der Waals surface area (Å²) < 4.78 is 11.5. The van der Waals surface area contributed by atoms with E-state index in [0.29, 0.717) is 38.2 Å². The van der Waals surface area contributed by atoms with Gasteiger partial charge >= 0.3 is 0 Å². The van der Waals surface area contributed by atoms with Crippen LogP contribution in [0.4, 0.5) is 11.4 Å². The first-order valence-corrected chi connectivity index (χ1v) is 13.3. The number of amides is 1. The van der Waals surface area contributed by atoms with Gasteiger partial charge < -0.3 is 9.47 Å². The molecule has 0 saturated carbocycles. The zero-order chi connectivity index (χ0) is 26.5. The van der Waals surface area contributed by atoms with E-state index in [-0.39, 0.29) is 5.91 Å². The molecular formula is C30H22Cl2N2O3S. The van der Waals surface area contributed by atoms with Crippen LogP contribution in [0.15, 0.2) is 107 Å². The number of thioether (sulfide) groups is 1. The maximum atomic E-state index is 13.5. The van der Waals surface area contributed by atoms with Crippen LogP contribution in [0.1, 0.15) is 11.1 Å². The number of amidine groups is 1. The van der Waals surface area contributed by atoms with Crippen LogP contribution in [-0.2, 0) is 11.4 Å². The first-order valence-electron chi connectivity index (χ1n) is 11.7. The average Bonchev–Trinajstić information content (AvgIpc) is 3.24. The maximum absolute atomic E-state index is 13.5. The Bertz CT molecular complexity index is 1530. The van der Waals surface area contributed by atoms with Crippen molar-refractivity contribution in [2.24, 2.45) is 4.99 Å². The lowest BCUT2D eigenvalue weighted by Crippen LogP contribution is -2.28. The van der Waals surface area contributed by atoms with E-state index in [4.69, 9.17) is 37.7 Å². The van der Waals surface area contributed by atoms with Crippen molar-refractivity contribution >= 4 is 63.5 Å². The monoisotopic (exact) mass is 560 g/mol. The number of halogens is 2. The topological polar surface area (TPSA) is 51.1 Å². The van der Waals surface area contributed by atoms with Crippen LogP contribution in [0, 0.1) is 0 Å². The molecule has 0 N–H and O–H groups in total. The Labute approximate surface area is 235 Å². The lowest BCUT2D eigenvalue weighted by molar-refractivity contribution is -0.113. The molecular weight excluding hydrogens is 539 g/mol. The predicted molar refractivity (Wildman–Crippen MR) is 157 cm³/mol. The number of ether oxygens (including phenoxy) is 2. The van der Waals surface area contributed by atoms with Crippen LogP contribution >= 0.6 is 35.0 Å². The third kappa shape index (κ3) is 5.89. The standard InChI is InChI=1S/C30H22Cl2N2O3S/c1-36-27-17-20(13-15-26(27)37-19-21-12-14-24(31)25(32)16-21)18-28-29(35)34(23-10-6-3-7-11-23)30(38-28)33-22-8-4-2-5-9-22/h2-18H,19H2,1H3/b28-18+,33-30?. The highest BCUT2D eigenvalue weighted by molar-refractivity contribution is 8.19. The molecule has 1 saturated heterocycles. The van der Waals surface area contributed by atoms with E-state index >= 15 is 0 Å². The van der Waals surface area contributed by atoms with Gasteiger partial charge in [0.25, 0.3) is 5.91 Å². The van der Waals surface area contributed by atoms with Crippen LogP contribution in [0.3, 0.4) is 0 Å². The van der Waals surface area contributed by atoms with Gasteiger partial charge in [0, 0.05) is 0 Å². The SMILES string of the molecule is COc1cc(/C=C2/SC(=Nc3ccccc3)N(c3ccccc3)C2=O)ccc1OCc1ccc(Cl)c(Cl)c1. The number of hydrogen-bond acceptors (Lipinski definition) is 5. The minimum atomic E-state index is -0.144. The van der Waals surface area contributed by atoms with Gasteiger partial charge in [0.1, 0.15) is 6.61 Å². The molecule has 5 rings (SSSR count). The van der Waals surface area contributed by atoms with E-state index in [1.54, 1.807) is 24.1 Å².